The molecule has 0 saturated heterocycles. The zero-order valence-corrected chi connectivity index (χ0v) is 14.0. The number of rotatable bonds is 6. The van der Waals surface area contributed by atoms with Crippen molar-refractivity contribution in [1.29, 1.82) is 0 Å². The van der Waals surface area contributed by atoms with Crippen molar-refractivity contribution < 1.29 is 24.2 Å². The first kappa shape index (κ1) is 17.9. The first-order chi connectivity index (χ1) is 11.4. The Morgan fingerprint density at radius 3 is 2.38 bits per heavy atom. The maximum absolute atomic E-state index is 11.9. The third-order valence-corrected chi connectivity index (χ3v) is 3.36. The molecule has 0 aromatic heterocycles. The third-order valence-electron chi connectivity index (χ3n) is 2.92. The van der Waals surface area contributed by atoms with Crippen LogP contribution >= 0.6 is 23.2 Å². The second-order valence-electron chi connectivity index (χ2n) is 4.66. The van der Waals surface area contributed by atoms with E-state index in [1.54, 1.807) is 0 Å². The van der Waals surface area contributed by atoms with Crippen molar-refractivity contribution in [2.45, 2.75) is 0 Å². The molecule has 0 fully saturated rings. The highest BCUT2D eigenvalue weighted by atomic mass is 35.5. The number of carboxylic acid groups (broad SMARTS) is 1. The molecule has 24 heavy (non-hydrogen) atoms. The Bertz CT molecular complexity index is 759. The molecule has 2 aromatic rings. The van der Waals surface area contributed by atoms with Gasteiger partial charge >= 0.3 is 5.97 Å². The van der Waals surface area contributed by atoms with Crippen molar-refractivity contribution in [3.8, 4) is 11.5 Å². The Hall–Kier alpha value is -2.44. The lowest BCUT2D eigenvalue weighted by Crippen LogP contribution is -2.21. The Morgan fingerprint density at radius 2 is 1.79 bits per heavy atom. The van der Waals surface area contributed by atoms with Crippen LogP contribution < -0.4 is 14.8 Å². The summed E-state index contributed by atoms with van der Waals surface area (Å²) in [6.45, 7) is -0.391. The molecule has 0 unspecified atom stereocenters. The molecule has 1 amide bonds. The molecule has 0 atom stereocenters. The predicted octanol–water partition coefficient (Wildman–Crippen LogP) is 3.72. The smallest absolute Gasteiger partial charge is 0.339 e. The Morgan fingerprint density at radius 1 is 1.12 bits per heavy atom. The van der Waals surface area contributed by atoms with Gasteiger partial charge in [-0.3, -0.25) is 4.79 Å². The summed E-state index contributed by atoms with van der Waals surface area (Å²) in [4.78, 5) is 23.1. The van der Waals surface area contributed by atoms with Gasteiger partial charge < -0.3 is 19.9 Å². The van der Waals surface area contributed by atoms with E-state index < -0.39 is 18.5 Å². The van der Waals surface area contributed by atoms with Gasteiger partial charge in [0.05, 0.1) is 7.11 Å². The van der Waals surface area contributed by atoms with E-state index in [1.165, 1.54) is 43.5 Å². The van der Waals surface area contributed by atoms with Crippen LogP contribution in [0, 0.1) is 0 Å². The van der Waals surface area contributed by atoms with Crippen molar-refractivity contribution in [2.24, 2.45) is 0 Å². The first-order valence-electron chi connectivity index (χ1n) is 6.69. The number of aromatic carboxylic acids is 1. The van der Waals surface area contributed by atoms with E-state index in [-0.39, 0.29) is 11.3 Å². The quantitative estimate of drug-likeness (QED) is 0.810. The summed E-state index contributed by atoms with van der Waals surface area (Å²) in [5, 5.41) is 12.4. The third kappa shape index (κ3) is 4.78. The number of hydrogen-bond acceptors (Lipinski definition) is 4. The number of benzene rings is 2. The number of carbonyl (C=O) groups excluding carboxylic acids is 1. The lowest BCUT2D eigenvalue weighted by Gasteiger charge is -2.11. The summed E-state index contributed by atoms with van der Waals surface area (Å²) in [6, 6.07) is 8.81. The number of anilines is 1. The van der Waals surface area contributed by atoms with Gasteiger partial charge in [0, 0.05) is 21.8 Å². The van der Waals surface area contributed by atoms with Gasteiger partial charge in [-0.1, -0.05) is 23.2 Å². The van der Waals surface area contributed by atoms with Crippen molar-refractivity contribution >= 4 is 40.8 Å². The van der Waals surface area contributed by atoms with Crippen LogP contribution in [0.3, 0.4) is 0 Å². The number of carbonyl (C=O) groups is 2. The minimum atomic E-state index is -1.17. The molecular formula is C16H13Cl2NO5. The SMILES string of the molecule is COc1ccc(C(=O)O)c(OCC(=O)Nc2cc(Cl)cc(Cl)c2)c1. The van der Waals surface area contributed by atoms with Crippen LogP contribution in [0.15, 0.2) is 36.4 Å². The molecule has 2 N–H and O–H groups in total. The van der Waals surface area contributed by atoms with Gasteiger partial charge in [-0.15, -0.1) is 0 Å². The summed E-state index contributed by atoms with van der Waals surface area (Å²) < 4.78 is 10.3. The highest BCUT2D eigenvalue weighted by Crippen LogP contribution is 2.25. The molecule has 8 heteroatoms. The average Bonchev–Trinajstić information content (AvgIpc) is 2.51. The van der Waals surface area contributed by atoms with Crippen molar-refractivity contribution in [3.05, 3.63) is 52.0 Å². The lowest BCUT2D eigenvalue weighted by molar-refractivity contribution is -0.118. The Labute approximate surface area is 147 Å². The topological polar surface area (TPSA) is 84.9 Å². The van der Waals surface area contributed by atoms with Crippen LogP contribution in [0.1, 0.15) is 10.4 Å². The average molecular weight is 370 g/mol. The van der Waals surface area contributed by atoms with E-state index in [0.29, 0.717) is 21.5 Å². The first-order valence-corrected chi connectivity index (χ1v) is 7.44. The van der Waals surface area contributed by atoms with Gasteiger partial charge in [-0.2, -0.15) is 0 Å². The Kier molecular flexibility index (Phi) is 5.89. The second kappa shape index (κ2) is 7.90. The monoisotopic (exact) mass is 369 g/mol. The van der Waals surface area contributed by atoms with Gasteiger partial charge in [-0.25, -0.2) is 4.79 Å². The molecule has 0 radical (unpaired) electrons. The van der Waals surface area contributed by atoms with Crippen LogP contribution in [0.4, 0.5) is 5.69 Å². The molecule has 0 heterocycles. The number of hydrogen-bond donors (Lipinski definition) is 2. The van der Waals surface area contributed by atoms with Gasteiger partial charge in [-0.05, 0) is 30.3 Å². The molecule has 0 spiro atoms. The molecule has 0 aliphatic carbocycles. The highest BCUT2D eigenvalue weighted by Gasteiger charge is 2.14. The predicted molar refractivity (Wildman–Crippen MR) is 90.5 cm³/mol. The van der Waals surface area contributed by atoms with E-state index in [0.717, 1.165) is 0 Å². The maximum atomic E-state index is 11.9. The van der Waals surface area contributed by atoms with E-state index >= 15 is 0 Å². The Balaban J connectivity index is 2.07. The number of halogens is 2. The number of amides is 1. The van der Waals surface area contributed by atoms with Crippen molar-refractivity contribution in [1.82, 2.24) is 0 Å². The number of methoxy groups -OCH3 is 1. The summed E-state index contributed by atoms with van der Waals surface area (Å²) >= 11 is 11.7. The summed E-state index contributed by atoms with van der Waals surface area (Å²) in [5.41, 5.74) is 0.333. The van der Waals surface area contributed by atoms with Crippen LogP contribution in [-0.4, -0.2) is 30.7 Å². The van der Waals surface area contributed by atoms with Crippen molar-refractivity contribution in [3.63, 3.8) is 0 Å². The molecule has 6 nitrogen and oxygen atoms in total. The molecular weight excluding hydrogens is 357 g/mol. The maximum Gasteiger partial charge on any atom is 0.339 e. The van der Waals surface area contributed by atoms with Gasteiger partial charge in [0.25, 0.3) is 5.91 Å². The summed E-state index contributed by atoms with van der Waals surface area (Å²) in [5.74, 6) is -1.22. The van der Waals surface area contributed by atoms with Crippen LogP contribution in [0.2, 0.25) is 10.0 Å². The molecule has 0 aliphatic rings. The normalized spacial score (nSPS) is 10.1. The number of carboxylic acids is 1. The number of nitrogens with one attached hydrogen (secondary N) is 1. The van der Waals surface area contributed by atoms with Gasteiger partial charge in [0.1, 0.15) is 17.1 Å². The van der Waals surface area contributed by atoms with Crippen molar-refractivity contribution in [2.75, 3.05) is 19.0 Å². The summed E-state index contributed by atoms with van der Waals surface area (Å²) in [6.07, 6.45) is 0. The van der Waals surface area contributed by atoms with E-state index in [1.807, 2.05) is 0 Å². The van der Waals surface area contributed by atoms with Crippen LogP contribution in [-0.2, 0) is 4.79 Å². The largest absolute Gasteiger partial charge is 0.497 e. The second-order valence-corrected chi connectivity index (χ2v) is 5.54. The minimum absolute atomic E-state index is 0.0288. The van der Waals surface area contributed by atoms with Crippen LogP contribution in [0.5, 0.6) is 11.5 Å². The van der Waals surface area contributed by atoms with Gasteiger partial charge in [0.15, 0.2) is 6.61 Å². The standard InChI is InChI=1S/C16H13Cl2NO5/c1-23-12-2-3-13(16(21)22)14(7-12)24-8-15(20)19-11-5-9(17)4-10(18)6-11/h2-7H,8H2,1H3,(H,19,20)(H,21,22). The van der Waals surface area contributed by atoms with E-state index in [9.17, 15) is 9.59 Å². The summed E-state index contributed by atoms with van der Waals surface area (Å²) in [7, 11) is 1.44. The highest BCUT2D eigenvalue weighted by molar-refractivity contribution is 6.35. The van der Waals surface area contributed by atoms with Crippen LogP contribution in [0.25, 0.3) is 0 Å². The van der Waals surface area contributed by atoms with E-state index in [2.05, 4.69) is 5.32 Å². The molecule has 0 saturated carbocycles. The van der Waals surface area contributed by atoms with E-state index in [4.69, 9.17) is 37.8 Å². The van der Waals surface area contributed by atoms with Gasteiger partial charge in [0.2, 0.25) is 0 Å². The fourth-order valence-corrected chi connectivity index (χ4v) is 2.42. The molecule has 126 valence electrons. The zero-order valence-electron chi connectivity index (χ0n) is 12.5. The molecule has 2 rings (SSSR count). The molecule has 0 bridgehead atoms. The minimum Gasteiger partial charge on any atom is -0.497 e. The molecule has 2 aromatic carbocycles. The lowest BCUT2D eigenvalue weighted by atomic mass is 10.2. The number of ether oxygens (including phenoxy) is 2. The molecule has 0 aliphatic heterocycles. The fourth-order valence-electron chi connectivity index (χ4n) is 1.89. The fraction of sp³-hybridized carbons (Fsp3) is 0.125. The zero-order chi connectivity index (χ0) is 17.7.